The number of hydrogen-bond acceptors (Lipinski definition) is 7. The van der Waals surface area contributed by atoms with Crippen LogP contribution in [-0.4, -0.2) is 59.1 Å². The number of nitrogens with zero attached hydrogens (tertiary/aromatic N) is 3. The highest BCUT2D eigenvalue weighted by Gasteiger charge is 2.39. The van der Waals surface area contributed by atoms with Crippen LogP contribution in [0.4, 0.5) is 0 Å². The van der Waals surface area contributed by atoms with Crippen LogP contribution in [0.3, 0.4) is 0 Å². The van der Waals surface area contributed by atoms with Crippen molar-refractivity contribution in [2.45, 2.75) is 38.6 Å². The minimum absolute atomic E-state index is 0.148. The molecule has 32 heavy (non-hydrogen) atoms. The molecule has 0 aliphatic carbocycles. The highest BCUT2D eigenvalue weighted by atomic mass is 16.5. The molecule has 2 saturated heterocycles. The predicted octanol–water partition coefficient (Wildman–Crippen LogP) is 1.83. The summed E-state index contributed by atoms with van der Waals surface area (Å²) in [5.41, 5.74) is 2.92. The molecule has 0 spiro atoms. The van der Waals surface area contributed by atoms with Gasteiger partial charge in [-0.3, -0.25) is 14.5 Å². The lowest BCUT2D eigenvalue weighted by molar-refractivity contribution is -0.126. The van der Waals surface area contributed by atoms with E-state index in [1.54, 1.807) is 17.0 Å². The molecule has 1 aromatic carbocycles. The molecule has 0 bridgehead atoms. The second kappa shape index (κ2) is 8.76. The Morgan fingerprint density at radius 2 is 2.09 bits per heavy atom. The summed E-state index contributed by atoms with van der Waals surface area (Å²) in [6.45, 7) is 8.31. The quantitative estimate of drug-likeness (QED) is 0.735. The van der Waals surface area contributed by atoms with Crippen molar-refractivity contribution < 1.29 is 23.6 Å². The van der Waals surface area contributed by atoms with Crippen molar-refractivity contribution in [3.05, 3.63) is 59.1 Å². The maximum absolute atomic E-state index is 13.0. The zero-order chi connectivity index (χ0) is 22.1. The maximum atomic E-state index is 13.0. The summed E-state index contributed by atoms with van der Waals surface area (Å²) in [7, 11) is 0. The third-order valence-corrected chi connectivity index (χ3v) is 6.12. The smallest absolute Gasteiger partial charge is 0.255 e. The van der Waals surface area contributed by atoms with Crippen LogP contribution in [-0.2, 0) is 29.2 Å². The van der Waals surface area contributed by atoms with Gasteiger partial charge in [0.05, 0.1) is 25.5 Å². The van der Waals surface area contributed by atoms with E-state index >= 15 is 0 Å². The lowest BCUT2D eigenvalue weighted by Gasteiger charge is -2.30. The number of ether oxygens (including phenoxy) is 2. The molecule has 2 fully saturated rings. The Bertz CT molecular complexity index is 1040. The molecule has 5 rings (SSSR count). The SMILES string of the molecule is C=C1CCC(N2Cc3c(OCc4cc(CN5CCOCC5)no4)cccc3C2=O)C(=O)N1. The molecule has 3 aliphatic heterocycles. The Morgan fingerprint density at radius 1 is 1.25 bits per heavy atom. The molecule has 3 aliphatic rings. The van der Waals surface area contributed by atoms with Gasteiger partial charge in [0.25, 0.3) is 5.91 Å². The fourth-order valence-electron chi connectivity index (χ4n) is 4.41. The largest absolute Gasteiger partial charge is 0.485 e. The molecule has 1 atom stereocenters. The van der Waals surface area contributed by atoms with E-state index < -0.39 is 6.04 Å². The third kappa shape index (κ3) is 4.13. The maximum Gasteiger partial charge on any atom is 0.255 e. The fraction of sp³-hybridized carbons (Fsp3) is 0.435. The molecule has 1 unspecified atom stereocenters. The number of benzene rings is 1. The molecule has 2 aromatic rings. The highest BCUT2D eigenvalue weighted by molar-refractivity contribution is 6.02. The van der Waals surface area contributed by atoms with E-state index in [0.717, 1.165) is 37.6 Å². The molecule has 1 N–H and O–H groups in total. The first-order valence-corrected chi connectivity index (χ1v) is 10.9. The first-order chi connectivity index (χ1) is 15.6. The van der Waals surface area contributed by atoms with Crippen molar-refractivity contribution >= 4 is 11.8 Å². The normalized spacial score (nSPS) is 21.6. The Hall–Kier alpha value is -3.17. The first-order valence-electron chi connectivity index (χ1n) is 10.9. The Labute approximate surface area is 185 Å². The number of allylic oxidation sites excluding steroid dienone is 1. The van der Waals surface area contributed by atoms with Gasteiger partial charge in [0.15, 0.2) is 5.76 Å². The lowest BCUT2D eigenvalue weighted by atomic mass is 10.0. The van der Waals surface area contributed by atoms with E-state index in [1.807, 2.05) is 12.1 Å². The Kier molecular flexibility index (Phi) is 5.67. The van der Waals surface area contributed by atoms with Crippen LogP contribution < -0.4 is 10.1 Å². The van der Waals surface area contributed by atoms with Crippen molar-refractivity contribution in [1.82, 2.24) is 20.3 Å². The standard InChI is InChI=1S/C23H26N4O5/c1-15-5-6-20(22(28)24-15)27-13-19-18(23(27)29)3-2-4-21(19)31-14-17-11-16(25-32-17)12-26-7-9-30-10-8-26/h2-4,11,20H,1,5-10,12-14H2,(H,24,28). The summed E-state index contributed by atoms with van der Waals surface area (Å²) in [6, 6.07) is 6.81. The molecule has 0 saturated carbocycles. The van der Waals surface area contributed by atoms with E-state index in [2.05, 4.69) is 22.0 Å². The minimum atomic E-state index is -0.495. The number of fused-ring (bicyclic) bond motifs is 1. The first kappa shape index (κ1) is 20.7. The van der Waals surface area contributed by atoms with Crippen LogP contribution in [0.2, 0.25) is 0 Å². The predicted molar refractivity (Wildman–Crippen MR) is 114 cm³/mol. The van der Waals surface area contributed by atoms with Crippen molar-refractivity contribution in [3.63, 3.8) is 0 Å². The van der Waals surface area contributed by atoms with E-state index in [1.165, 1.54) is 0 Å². The summed E-state index contributed by atoms with van der Waals surface area (Å²) < 4.78 is 16.8. The highest BCUT2D eigenvalue weighted by Crippen LogP contribution is 2.34. The van der Waals surface area contributed by atoms with Crippen LogP contribution in [0.25, 0.3) is 0 Å². The van der Waals surface area contributed by atoms with Gasteiger partial charge in [-0.1, -0.05) is 17.8 Å². The van der Waals surface area contributed by atoms with Crippen molar-refractivity contribution in [2.24, 2.45) is 0 Å². The molecule has 0 radical (unpaired) electrons. The summed E-state index contributed by atoms with van der Waals surface area (Å²) in [4.78, 5) is 29.3. The van der Waals surface area contributed by atoms with Gasteiger partial charge in [0, 0.05) is 42.5 Å². The monoisotopic (exact) mass is 438 g/mol. The van der Waals surface area contributed by atoms with Crippen LogP contribution in [0, 0.1) is 0 Å². The summed E-state index contributed by atoms with van der Waals surface area (Å²) in [6.07, 6.45) is 1.24. The second-order valence-electron chi connectivity index (χ2n) is 8.32. The van der Waals surface area contributed by atoms with Crippen molar-refractivity contribution in [2.75, 3.05) is 26.3 Å². The van der Waals surface area contributed by atoms with Gasteiger partial charge in [-0.15, -0.1) is 0 Å². The number of rotatable bonds is 6. The van der Waals surface area contributed by atoms with E-state index in [-0.39, 0.29) is 18.4 Å². The van der Waals surface area contributed by atoms with Gasteiger partial charge in [-0.05, 0) is 25.0 Å². The van der Waals surface area contributed by atoms with Crippen molar-refractivity contribution in [1.29, 1.82) is 0 Å². The van der Waals surface area contributed by atoms with E-state index in [0.29, 0.717) is 48.7 Å². The number of morpholine rings is 1. The molecular weight excluding hydrogens is 412 g/mol. The number of amides is 2. The molecule has 4 heterocycles. The van der Waals surface area contributed by atoms with Crippen LogP contribution in [0.1, 0.15) is 40.2 Å². The van der Waals surface area contributed by atoms with Gasteiger partial charge < -0.3 is 24.2 Å². The summed E-state index contributed by atoms with van der Waals surface area (Å²) >= 11 is 0. The average Bonchev–Trinajstić information content (AvgIpc) is 3.38. The molecule has 2 amide bonds. The lowest BCUT2D eigenvalue weighted by Crippen LogP contribution is -2.49. The van der Waals surface area contributed by atoms with E-state index in [9.17, 15) is 9.59 Å². The van der Waals surface area contributed by atoms with Gasteiger partial charge in [-0.25, -0.2) is 0 Å². The summed E-state index contributed by atoms with van der Waals surface area (Å²) in [5.74, 6) is 0.909. The number of piperidine rings is 1. The molecule has 168 valence electrons. The molecule has 9 nitrogen and oxygen atoms in total. The van der Waals surface area contributed by atoms with Crippen LogP contribution >= 0.6 is 0 Å². The molecule has 9 heteroatoms. The second-order valence-corrected chi connectivity index (χ2v) is 8.32. The van der Waals surface area contributed by atoms with E-state index in [4.69, 9.17) is 14.0 Å². The number of nitrogens with one attached hydrogen (secondary N) is 1. The Morgan fingerprint density at radius 3 is 2.91 bits per heavy atom. The Balaban J connectivity index is 1.24. The zero-order valence-corrected chi connectivity index (χ0v) is 17.8. The number of carbonyl (C=O) groups excluding carboxylic acids is 2. The number of aromatic nitrogens is 1. The molecular formula is C23H26N4O5. The van der Waals surface area contributed by atoms with Gasteiger partial charge in [0.1, 0.15) is 18.4 Å². The van der Waals surface area contributed by atoms with Crippen LogP contribution in [0.5, 0.6) is 5.75 Å². The van der Waals surface area contributed by atoms with Crippen LogP contribution in [0.15, 0.2) is 41.1 Å². The zero-order valence-electron chi connectivity index (χ0n) is 17.8. The van der Waals surface area contributed by atoms with Gasteiger partial charge in [-0.2, -0.15) is 0 Å². The van der Waals surface area contributed by atoms with Crippen molar-refractivity contribution in [3.8, 4) is 5.75 Å². The topological polar surface area (TPSA) is 97.1 Å². The third-order valence-electron chi connectivity index (χ3n) is 6.12. The number of hydrogen-bond donors (Lipinski definition) is 1. The fourth-order valence-corrected chi connectivity index (χ4v) is 4.41. The summed E-state index contributed by atoms with van der Waals surface area (Å²) in [5, 5.41) is 6.90. The minimum Gasteiger partial charge on any atom is -0.485 e. The average molecular weight is 438 g/mol. The number of carbonyl (C=O) groups is 2. The van der Waals surface area contributed by atoms with Gasteiger partial charge in [0.2, 0.25) is 5.91 Å². The molecule has 1 aromatic heterocycles. The van der Waals surface area contributed by atoms with Gasteiger partial charge >= 0.3 is 0 Å².